The maximum atomic E-state index is 11.9. The van der Waals surface area contributed by atoms with Crippen molar-refractivity contribution in [2.24, 2.45) is 4.99 Å². The Morgan fingerprint density at radius 1 is 0.727 bits per heavy atom. The van der Waals surface area contributed by atoms with Crippen LogP contribution >= 0.6 is 0 Å². The van der Waals surface area contributed by atoms with Gasteiger partial charge < -0.3 is 9.84 Å². The van der Waals surface area contributed by atoms with Crippen LogP contribution in [-0.2, 0) is 37.6 Å². The van der Waals surface area contributed by atoms with E-state index >= 15 is 0 Å². The minimum atomic E-state index is -0.0537. The zero-order valence-corrected chi connectivity index (χ0v) is 33.0. The first-order valence-corrected chi connectivity index (χ1v) is 18.6. The maximum Gasteiger partial charge on any atom is 0.148 e. The summed E-state index contributed by atoms with van der Waals surface area (Å²) >= 11 is 0. The number of aliphatic imine (C=N–C) groups is 1. The number of rotatable bonds is 5. The van der Waals surface area contributed by atoms with Crippen molar-refractivity contribution in [3.05, 3.63) is 174 Å². The van der Waals surface area contributed by atoms with Gasteiger partial charge in [-0.2, -0.15) is 0 Å². The van der Waals surface area contributed by atoms with Crippen molar-refractivity contribution >= 4 is 27.7 Å². The van der Waals surface area contributed by atoms with Crippen LogP contribution in [0.25, 0.3) is 61.1 Å². The maximum absolute atomic E-state index is 11.9. The summed E-state index contributed by atoms with van der Waals surface area (Å²) in [4.78, 5) is 10.5. The third-order valence-corrected chi connectivity index (χ3v) is 11.0. The molecule has 1 aliphatic carbocycles. The van der Waals surface area contributed by atoms with Crippen LogP contribution in [0.1, 0.15) is 49.1 Å². The summed E-state index contributed by atoms with van der Waals surface area (Å²) in [6.07, 6.45) is 0.866. The van der Waals surface area contributed by atoms with Crippen molar-refractivity contribution in [1.29, 1.82) is 0 Å². The summed E-state index contributed by atoms with van der Waals surface area (Å²) in [6, 6.07) is 53.8. The summed E-state index contributed by atoms with van der Waals surface area (Å²) in [5.74, 6) is 1.50. The fourth-order valence-electron chi connectivity index (χ4n) is 8.20. The van der Waals surface area contributed by atoms with Gasteiger partial charge in [-0.25, -0.2) is 4.98 Å². The molecule has 10 rings (SSSR count). The van der Waals surface area contributed by atoms with Crippen LogP contribution in [0.2, 0.25) is 0 Å². The second kappa shape index (κ2) is 13.5. The Bertz CT molecular complexity index is 2800. The normalized spacial score (nSPS) is 16.0. The van der Waals surface area contributed by atoms with Gasteiger partial charge in [-0.05, 0) is 57.3 Å². The number of hydrogen-bond acceptors (Lipinski definition) is 4. The number of nitrogens with zero attached hydrogens (tertiary/aromatic N) is 3. The number of aromatic hydroxyl groups is 1. The molecule has 0 amide bonds. The molecule has 0 radical (unpaired) electrons. The van der Waals surface area contributed by atoms with Gasteiger partial charge in [0.2, 0.25) is 0 Å². The molecule has 0 saturated carbocycles. The molecule has 7 aromatic carbocycles. The number of benzene rings is 7. The molecule has 0 fully saturated rings. The second-order valence-electron chi connectivity index (χ2n) is 15.4. The van der Waals surface area contributed by atoms with E-state index in [9.17, 15) is 5.11 Å². The summed E-state index contributed by atoms with van der Waals surface area (Å²) < 4.78 is 8.69. The minimum absolute atomic E-state index is 0. The largest absolute Gasteiger partial charge is 0.507 e. The first-order valence-electron chi connectivity index (χ1n) is 18.6. The molecule has 1 aromatic heterocycles. The van der Waals surface area contributed by atoms with Crippen molar-refractivity contribution in [2.75, 3.05) is 0 Å². The van der Waals surface area contributed by atoms with Gasteiger partial charge in [0.15, 0.2) is 0 Å². The van der Waals surface area contributed by atoms with Gasteiger partial charge in [-0.1, -0.05) is 135 Å². The van der Waals surface area contributed by atoms with Gasteiger partial charge in [0.1, 0.15) is 29.6 Å². The summed E-state index contributed by atoms with van der Waals surface area (Å²) in [5.41, 5.74) is 12.0. The zero-order chi connectivity index (χ0) is 36.6. The predicted octanol–water partition coefficient (Wildman–Crippen LogP) is 11.4. The Labute approximate surface area is 335 Å². The average Bonchev–Trinajstić information content (AvgIpc) is 3.89. The second-order valence-corrected chi connectivity index (χ2v) is 15.4. The van der Waals surface area contributed by atoms with Gasteiger partial charge in [0.25, 0.3) is 0 Å². The third kappa shape index (κ3) is 5.89. The van der Waals surface area contributed by atoms with E-state index in [1.807, 2.05) is 48.5 Å². The number of ether oxygens (including phenoxy) is 1. The van der Waals surface area contributed by atoms with Gasteiger partial charge in [-0.15, -0.1) is 29.8 Å². The molecule has 1 N–H and O–H groups in total. The van der Waals surface area contributed by atoms with Gasteiger partial charge in [-0.3, -0.25) is 9.56 Å². The van der Waals surface area contributed by atoms with E-state index in [4.69, 9.17) is 14.7 Å². The first-order chi connectivity index (χ1) is 26.3. The summed E-state index contributed by atoms with van der Waals surface area (Å²) in [5, 5.41) is 13.7. The Hall–Kier alpha value is -5.77. The van der Waals surface area contributed by atoms with Crippen LogP contribution in [0.15, 0.2) is 151 Å². The molecule has 1 aliphatic heterocycles. The molecule has 0 saturated heterocycles. The van der Waals surface area contributed by atoms with Crippen molar-refractivity contribution < 1.29 is 30.9 Å². The van der Waals surface area contributed by atoms with Crippen molar-refractivity contribution in [3.8, 4) is 45.1 Å². The van der Waals surface area contributed by atoms with Gasteiger partial charge >= 0.3 is 0 Å². The fourth-order valence-corrected chi connectivity index (χ4v) is 8.20. The molecule has 2 heterocycles. The summed E-state index contributed by atoms with van der Waals surface area (Å²) in [7, 11) is 0. The molecule has 0 bridgehead atoms. The van der Waals surface area contributed by atoms with Crippen LogP contribution in [0.3, 0.4) is 0 Å². The van der Waals surface area contributed by atoms with E-state index in [1.54, 1.807) is 0 Å². The van der Waals surface area contributed by atoms with Crippen LogP contribution in [-0.4, -0.2) is 26.7 Å². The molecule has 2 atom stereocenters. The number of hydrogen-bond donors (Lipinski definition) is 1. The average molecular weight is 896 g/mol. The Morgan fingerprint density at radius 2 is 1.49 bits per heavy atom. The van der Waals surface area contributed by atoms with Crippen LogP contribution in [0.4, 0.5) is 0 Å². The Kier molecular flexibility index (Phi) is 8.59. The number of fused-ring (bicyclic) bond motifs is 5. The molecule has 2 aliphatic rings. The van der Waals surface area contributed by atoms with Crippen molar-refractivity contribution in [2.45, 2.75) is 44.8 Å². The Morgan fingerprint density at radius 3 is 2.35 bits per heavy atom. The fraction of sp³-hybridized carbons (Fsp3) is 0.143. The number of aromatic nitrogens is 2. The van der Waals surface area contributed by atoms with Crippen molar-refractivity contribution in [1.82, 2.24) is 9.55 Å². The molecule has 5 nitrogen and oxygen atoms in total. The Balaban J connectivity index is 0.00000397. The monoisotopic (exact) mass is 895 g/mol. The topological polar surface area (TPSA) is 59.6 Å². The summed E-state index contributed by atoms with van der Waals surface area (Å²) in [6.45, 7) is 6.73. The molecule has 0 unspecified atom stereocenters. The standard InChI is InChI=1S/C49H38N3O2.Pt/c1-49(2,3)35-24-26-41(40(29-35)30-13-5-4-6-14-30)52-42-22-12-21-36(44(42)50-47(52)39-25-23-31-15-7-10-20-38(31)46(39)53)32-17-11-18-34(27-32)48-51-45-37-19-9-8-16-33(37)28-43(45)54-48;/h4-26,29,43,45,53H,28H2,1-3H3;/q-1;/t43-,45+;/m0./s1. The van der Waals surface area contributed by atoms with E-state index in [0.717, 1.165) is 61.7 Å². The quantitative estimate of drug-likeness (QED) is 0.175. The zero-order valence-electron chi connectivity index (χ0n) is 30.7. The van der Waals surface area contributed by atoms with Crippen molar-refractivity contribution in [3.63, 3.8) is 0 Å². The third-order valence-electron chi connectivity index (χ3n) is 11.0. The predicted molar refractivity (Wildman–Crippen MR) is 218 cm³/mol. The van der Waals surface area contributed by atoms with E-state index in [0.29, 0.717) is 17.3 Å². The molecule has 272 valence electrons. The molecule has 55 heavy (non-hydrogen) atoms. The molecular formula is C49H38N3O2Pt-. The SMILES string of the molecule is CC(C)(C)c1ccc(-n2c(-c3ccc4ccccc4c3O)nc3c(-c4[c-]c(C5=N[C@@H]6c7ccccc7C[C@@H]6O5)ccc4)cccc32)c(-c2ccccc2)c1.[Pt]. The number of phenols is 1. The van der Waals surface area contributed by atoms with E-state index in [1.165, 1.54) is 16.7 Å². The number of para-hydroxylation sites is 1. The molecule has 6 heteroatoms. The minimum Gasteiger partial charge on any atom is -0.507 e. The van der Waals surface area contributed by atoms with Crippen LogP contribution in [0, 0.1) is 6.07 Å². The number of phenolic OH excluding ortho intramolecular Hbond substituents is 1. The first kappa shape index (κ1) is 35.0. The smallest absolute Gasteiger partial charge is 0.148 e. The molecule has 8 aromatic rings. The van der Waals surface area contributed by atoms with Gasteiger partial charge in [0.05, 0.1) is 22.3 Å². The number of imidazole rings is 1. The molecular weight excluding hydrogens is 858 g/mol. The van der Waals surface area contributed by atoms with Gasteiger partial charge in [0, 0.05) is 38.4 Å². The van der Waals surface area contributed by atoms with E-state index in [-0.39, 0.29) is 44.4 Å². The molecule has 0 spiro atoms. The van der Waals surface area contributed by atoms with Crippen LogP contribution < -0.4 is 0 Å². The van der Waals surface area contributed by atoms with E-state index in [2.05, 4.69) is 128 Å². The van der Waals surface area contributed by atoms with Crippen LogP contribution in [0.5, 0.6) is 5.75 Å². The van der Waals surface area contributed by atoms with E-state index < -0.39 is 0 Å².